The summed E-state index contributed by atoms with van der Waals surface area (Å²) in [6.45, 7) is 8.73. The molecule has 0 radical (unpaired) electrons. The minimum atomic E-state index is 1.01. The van der Waals surface area contributed by atoms with Crippen LogP contribution in [0.15, 0.2) is 18.2 Å². The van der Waals surface area contributed by atoms with E-state index < -0.39 is 0 Å². The third-order valence-electron chi connectivity index (χ3n) is 2.74. The van der Waals surface area contributed by atoms with Gasteiger partial charge in [-0.3, -0.25) is 0 Å². The molecule has 0 atom stereocenters. The van der Waals surface area contributed by atoms with Crippen molar-refractivity contribution in [3.63, 3.8) is 0 Å². The number of aryl methyl sites for hydroxylation is 1. The first-order valence-electron chi connectivity index (χ1n) is 5.51. The van der Waals surface area contributed by atoms with E-state index in [1.54, 1.807) is 0 Å². The van der Waals surface area contributed by atoms with E-state index in [1.807, 2.05) is 0 Å². The van der Waals surface area contributed by atoms with Crippen molar-refractivity contribution < 1.29 is 0 Å². The Labute approximate surface area is 87.5 Å². The van der Waals surface area contributed by atoms with Gasteiger partial charge in [-0.05, 0) is 43.5 Å². The third kappa shape index (κ3) is 3.15. The summed E-state index contributed by atoms with van der Waals surface area (Å²) in [4.78, 5) is 0. The molecule has 0 amide bonds. The van der Waals surface area contributed by atoms with Crippen LogP contribution in [0.2, 0.25) is 0 Å². The SMILES string of the molecule is CCCCNCc1cccc(C)c1C. The predicted octanol–water partition coefficient (Wildman–Crippen LogP) is 3.19. The van der Waals surface area contributed by atoms with Gasteiger partial charge in [0.15, 0.2) is 0 Å². The Morgan fingerprint density at radius 3 is 2.71 bits per heavy atom. The molecule has 1 aromatic rings. The van der Waals surface area contributed by atoms with Crippen LogP contribution in [0, 0.1) is 13.8 Å². The molecule has 78 valence electrons. The van der Waals surface area contributed by atoms with Crippen molar-refractivity contribution in [3.8, 4) is 0 Å². The van der Waals surface area contributed by atoms with Crippen molar-refractivity contribution in [2.24, 2.45) is 0 Å². The van der Waals surface area contributed by atoms with Crippen LogP contribution >= 0.6 is 0 Å². The molecule has 0 saturated carbocycles. The van der Waals surface area contributed by atoms with Gasteiger partial charge in [-0.25, -0.2) is 0 Å². The van der Waals surface area contributed by atoms with E-state index in [4.69, 9.17) is 0 Å². The zero-order chi connectivity index (χ0) is 10.4. The molecular weight excluding hydrogens is 170 g/mol. The Morgan fingerprint density at radius 2 is 2.00 bits per heavy atom. The van der Waals surface area contributed by atoms with Gasteiger partial charge < -0.3 is 5.32 Å². The normalized spacial score (nSPS) is 10.5. The molecule has 14 heavy (non-hydrogen) atoms. The second-order valence-corrected chi connectivity index (χ2v) is 3.89. The van der Waals surface area contributed by atoms with Crippen molar-refractivity contribution in [2.75, 3.05) is 6.54 Å². The fraction of sp³-hybridized carbons (Fsp3) is 0.538. The number of hydrogen-bond donors (Lipinski definition) is 1. The molecule has 0 spiro atoms. The van der Waals surface area contributed by atoms with Crippen LogP contribution in [0.1, 0.15) is 36.5 Å². The minimum absolute atomic E-state index is 1.01. The number of nitrogens with one attached hydrogen (secondary N) is 1. The molecule has 0 unspecified atom stereocenters. The smallest absolute Gasteiger partial charge is 0.0208 e. The van der Waals surface area contributed by atoms with Crippen LogP contribution in [0.25, 0.3) is 0 Å². The molecule has 0 saturated heterocycles. The van der Waals surface area contributed by atoms with Gasteiger partial charge in [0, 0.05) is 6.54 Å². The van der Waals surface area contributed by atoms with E-state index >= 15 is 0 Å². The van der Waals surface area contributed by atoms with Crippen LogP contribution in [-0.2, 0) is 6.54 Å². The number of benzene rings is 1. The molecule has 0 aromatic heterocycles. The average Bonchev–Trinajstić information content (AvgIpc) is 2.19. The van der Waals surface area contributed by atoms with Gasteiger partial charge in [0.1, 0.15) is 0 Å². The lowest BCUT2D eigenvalue weighted by Gasteiger charge is -2.09. The summed E-state index contributed by atoms with van der Waals surface area (Å²) in [5.41, 5.74) is 4.25. The highest BCUT2D eigenvalue weighted by Crippen LogP contribution is 2.11. The lowest BCUT2D eigenvalue weighted by molar-refractivity contribution is 0.639. The molecule has 1 heteroatoms. The second-order valence-electron chi connectivity index (χ2n) is 3.89. The first kappa shape index (κ1) is 11.3. The van der Waals surface area contributed by atoms with E-state index in [-0.39, 0.29) is 0 Å². The van der Waals surface area contributed by atoms with Gasteiger partial charge in [0.25, 0.3) is 0 Å². The van der Waals surface area contributed by atoms with Crippen molar-refractivity contribution >= 4 is 0 Å². The largest absolute Gasteiger partial charge is 0.313 e. The van der Waals surface area contributed by atoms with Crippen LogP contribution in [0.3, 0.4) is 0 Å². The zero-order valence-corrected chi connectivity index (χ0v) is 9.56. The maximum Gasteiger partial charge on any atom is 0.0208 e. The molecule has 1 rings (SSSR count). The quantitative estimate of drug-likeness (QED) is 0.705. The summed E-state index contributed by atoms with van der Waals surface area (Å²) in [5.74, 6) is 0. The Hall–Kier alpha value is -0.820. The van der Waals surface area contributed by atoms with Crippen molar-refractivity contribution in [1.82, 2.24) is 5.32 Å². The molecule has 0 fully saturated rings. The van der Waals surface area contributed by atoms with Crippen molar-refractivity contribution in [2.45, 2.75) is 40.2 Å². The number of unbranched alkanes of at least 4 members (excludes halogenated alkanes) is 1. The van der Waals surface area contributed by atoms with E-state index in [1.165, 1.54) is 29.5 Å². The van der Waals surface area contributed by atoms with Gasteiger partial charge >= 0.3 is 0 Å². The first-order valence-corrected chi connectivity index (χ1v) is 5.51. The Bertz CT molecular complexity index is 279. The average molecular weight is 191 g/mol. The van der Waals surface area contributed by atoms with Gasteiger partial charge in [-0.2, -0.15) is 0 Å². The summed E-state index contributed by atoms with van der Waals surface area (Å²) in [6.07, 6.45) is 2.53. The lowest BCUT2D eigenvalue weighted by atomic mass is 10.0. The fourth-order valence-corrected chi connectivity index (χ4v) is 1.53. The molecule has 0 heterocycles. The van der Waals surface area contributed by atoms with Crippen LogP contribution < -0.4 is 5.32 Å². The van der Waals surface area contributed by atoms with Gasteiger partial charge in [0.2, 0.25) is 0 Å². The summed E-state index contributed by atoms with van der Waals surface area (Å²) in [5, 5.41) is 3.47. The molecule has 0 aliphatic carbocycles. The molecule has 0 aliphatic heterocycles. The highest BCUT2D eigenvalue weighted by Gasteiger charge is 1.98. The third-order valence-corrected chi connectivity index (χ3v) is 2.74. The van der Waals surface area contributed by atoms with E-state index in [2.05, 4.69) is 44.3 Å². The van der Waals surface area contributed by atoms with E-state index in [9.17, 15) is 0 Å². The van der Waals surface area contributed by atoms with Gasteiger partial charge in [-0.15, -0.1) is 0 Å². The van der Waals surface area contributed by atoms with Crippen LogP contribution in [-0.4, -0.2) is 6.54 Å². The highest BCUT2D eigenvalue weighted by atomic mass is 14.8. The maximum absolute atomic E-state index is 3.47. The highest BCUT2D eigenvalue weighted by molar-refractivity contribution is 5.32. The molecule has 0 aliphatic rings. The Balaban J connectivity index is 2.46. The monoisotopic (exact) mass is 191 g/mol. The number of rotatable bonds is 5. The zero-order valence-electron chi connectivity index (χ0n) is 9.56. The summed E-state index contributed by atoms with van der Waals surface area (Å²) in [6, 6.07) is 6.52. The molecule has 0 bridgehead atoms. The Morgan fingerprint density at radius 1 is 1.21 bits per heavy atom. The minimum Gasteiger partial charge on any atom is -0.313 e. The number of hydrogen-bond acceptors (Lipinski definition) is 1. The molecular formula is C13H21N. The predicted molar refractivity (Wildman–Crippen MR) is 62.5 cm³/mol. The maximum atomic E-state index is 3.47. The van der Waals surface area contributed by atoms with E-state index in [0.717, 1.165) is 13.1 Å². The van der Waals surface area contributed by atoms with Crippen molar-refractivity contribution in [1.29, 1.82) is 0 Å². The topological polar surface area (TPSA) is 12.0 Å². The van der Waals surface area contributed by atoms with Gasteiger partial charge in [0.05, 0.1) is 0 Å². The van der Waals surface area contributed by atoms with Crippen LogP contribution in [0.5, 0.6) is 0 Å². The second kappa shape index (κ2) is 5.82. The summed E-state index contributed by atoms with van der Waals surface area (Å²) in [7, 11) is 0. The summed E-state index contributed by atoms with van der Waals surface area (Å²) >= 11 is 0. The summed E-state index contributed by atoms with van der Waals surface area (Å²) < 4.78 is 0. The van der Waals surface area contributed by atoms with Crippen LogP contribution in [0.4, 0.5) is 0 Å². The molecule has 1 nitrogen and oxygen atoms in total. The van der Waals surface area contributed by atoms with E-state index in [0.29, 0.717) is 0 Å². The fourth-order valence-electron chi connectivity index (χ4n) is 1.53. The van der Waals surface area contributed by atoms with Crippen molar-refractivity contribution in [3.05, 3.63) is 34.9 Å². The first-order chi connectivity index (χ1) is 6.75. The molecule has 1 aromatic carbocycles. The lowest BCUT2D eigenvalue weighted by Crippen LogP contribution is -2.15. The molecule has 1 N–H and O–H groups in total. The Kier molecular flexibility index (Phi) is 4.68. The van der Waals surface area contributed by atoms with Gasteiger partial charge in [-0.1, -0.05) is 31.5 Å². The standard InChI is InChI=1S/C13H21N/c1-4-5-9-14-10-13-8-6-7-11(2)12(13)3/h6-8,14H,4-5,9-10H2,1-3H3.